The Bertz CT molecular complexity index is 593. The molecule has 2 fully saturated rings. The Labute approximate surface area is 139 Å². The first-order chi connectivity index (χ1) is 11.1. The molecule has 1 aliphatic heterocycles. The number of esters is 1. The number of piperazine rings is 1. The number of carbonyl (C=O) groups is 3. The van der Waals surface area contributed by atoms with Crippen molar-refractivity contribution in [2.45, 2.75) is 19.3 Å². The van der Waals surface area contributed by atoms with Gasteiger partial charge in [0.15, 0.2) is 0 Å². The molecule has 1 aliphatic carbocycles. The van der Waals surface area contributed by atoms with Gasteiger partial charge in [0.2, 0.25) is 5.91 Å². The van der Waals surface area contributed by atoms with Gasteiger partial charge in [-0.25, -0.2) is 4.79 Å². The molecule has 3 rings (SSSR count). The van der Waals surface area contributed by atoms with Crippen molar-refractivity contribution < 1.29 is 19.1 Å². The van der Waals surface area contributed by atoms with Crippen molar-refractivity contribution in [2.75, 3.05) is 32.8 Å². The number of thiophene rings is 1. The number of nitrogens with zero attached hydrogens (tertiary/aromatic N) is 2. The Morgan fingerprint density at radius 1 is 1.22 bits per heavy atom. The van der Waals surface area contributed by atoms with Crippen molar-refractivity contribution >= 4 is 29.1 Å². The van der Waals surface area contributed by atoms with Crippen LogP contribution in [0.2, 0.25) is 0 Å². The minimum absolute atomic E-state index is 0.0842. The van der Waals surface area contributed by atoms with Gasteiger partial charge in [0.1, 0.15) is 0 Å². The van der Waals surface area contributed by atoms with Crippen LogP contribution in [0.5, 0.6) is 0 Å². The molecule has 1 saturated heterocycles. The van der Waals surface area contributed by atoms with Crippen LogP contribution < -0.4 is 0 Å². The summed E-state index contributed by atoms with van der Waals surface area (Å²) in [6.45, 7) is 3.60. The van der Waals surface area contributed by atoms with Crippen molar-refractivity contribution in [3.05, 3.63) is 22.4 Å². The van der Waals surface area contributed by atoms with E-state index in [1.54, 1.807) is 18.3 Å². The normalized spacial score (nSPS) is 23.5. The highest BCUT2D eigenvalue weighted by atomic mass is 32.1. The maximum atomic E-state index is 12.5. The van der Waals surface area contributed by atoms with Gasteiger partial charge in [-0.15, -0.1) is 11.3 Å². The summed E-state index contributed by atoms with van der Waals surface area (Å²) in [5, 5.41) is 2.04. The summed E-state index contributed by atoms with van der Waals surface area (Å²) in [6.07, 6.45) is 0.918. The van der Waals surface area contributed by atoms with Crippen LogP contribution in [-0.2, 0) is 19.1 Å². The molecule has 0 aromatic carbocycles. The maximum absolute atomic E-state index is 12.5. The number of carbonyl (C=O) groups excluding carboxylic acids is 3. The lowest BCUT2D eigenvalue weighted by atomic mass is 10.2. The third kappa shape index (κ3) is 3.39. The van der Waals surface area contributed by atoms with E-state index in [2.05, 4.69) is 6.07 Å². The van der Waals surface area contributed by atoms with Gasteiger partial charge >= 0.3 is 11.9 Å². The van der Waals surface area contributed by atoms with Crippen molar-refractivity contribution in [1.82, 2.24) is 9.80 Å². The summed E-state index contributed by atoms with van der Waals surface area (Å²) < 4.78 is 4.73. The van der Waals surface area contributed by atoms with Gasteiger partial charge in [0, 0.05) is 42.9 Å². The van der Waals surface area contributed by atoms with Crippen LogP contribution in [0.4, 0.5) is 0 Å². The molecule has 7 heteroatoms. The number of hydrogen-bond acceptors (Lipinski definition) is 5. The summed E-state index contributed by atoms with van der Waals surface area (Å²) >= 11 is 1.70. The lowest BCUT2D eigenvalue weighted by Gasteiger charge is -2.34. The van der Waals surface area contributed by atoms with E-state index in [1.165, 1.54) is 9.78 Å². The Kier molecular flexibility index (Phi) is 4.66. The Hall–Kier alpha value is -1.89. The van der Waals surface area contributed by atoms with Gasteiger partial charge in [-0.3, -0.25) is 9.59 Å². The van der Waals surface area contributed by atoms with Crippen LogP contribution in [0.1, 0.15) is 24.1 Å². The fraction of sp³-hybridized carbons (Fsp3) is 0.562. The number of ether oxygens (including phenoxy) is 1. The number of rotatable bonds is 3. The van der Waals surface area contributed by atoms with Crippen LogP contribution in [0, 0.1) is 5.92 Å². The third-order valence-electron chi connectivity index (χ3n) is 4.34. The molecule has 1 saturated carbocycles. The molecule has 2 heterocycles. The quantitative estimate of drug-likeness (QED) is 0.612. The summed E-state index contributed by atoms with van der Waals surface area (Å²) in [4.78, 5) is 40.4. The summed E-state index contributed by atoms with van der Waals surface area (Å²) in [7, 11) is 0. The Morgan fingerprint density at radius 3 is 2.52 bits per heavy atom. The molecular weight excluding hydrogens is 316 g/mol. The van der Waals surface area contributed by atoms with E-state index in [-0.39, 0.29) is 18.4 Å². The average molecular weight is 336 g/mol. The molecule has 2 unspecified atom stereocenters. The molecule has 0 N–H and O–H groups in total. The fourth-order valence-electron chi connectivity index (χ4n) is 2.97. The molecule has 2 amide bonds. The first-order valence-electron chi connectivity index (χ1n) is 7.90. The second kappa shape index (κ2) is 6.70. The first kappa shape index (κ1) is 16.0. The lowest BCUT2D eigenvalue weighted by Crippen LogP contribution is -2.52. The monoisotopic (exact) mass is 336 g/mol. The number of hydrogen-bond donors (Lipinski definition) is 0. The molecule has 1 aromatic heterocycles. The van der Waals surface area contributed by atoms with Gasteiger partial charge in [0.25, 0.3) is 0 Å². The van der Waals surface area contributed by atoms with E-state index in [0.717, 1.165) is 6.42 Å². The molecule has 6 nitrogen and oxygen atoms in total. The van der Waals surface area contributed by atoms with Gasteiger partial charge in [-0.2, -0.15) is 0 Å². The van der Waals surface area contributed by atoms with Crippen LogP contribution in [0.15, 0.2) is 17.5 Å². The fourth-order valence-corrected chi connectivity index (χ4v) is 3.88. The highest BCUT2D eigenvalue weighted by Gasteiger charge is 2.46. The van der Waals surface area contributed by atoms with Crippen molar-refractivity contribution in [1.29, 1.82) is 0 Å². The average Bonchev–Trinajstić information content (AvgIpc) is 3.18. The summed E-state index contributed by atoms with van der Waals surface area (Å²) in [6, 6.07) is 4.10. The third-order valence-corrected chi connectivity index (χ3v) is 5.35. The molecular formula is C16H20N2O4S. The molecule has 124 valence electrons. The second-order valence-electron chi connectivity index (χ2n) is 5.80. The van der Waals surface area contributed by atoms with Gasteiger partial charge in [-0.1, -0.05) is 6.07 Å². The predicted molar refractivity (Wildman–Crippen MR) is 85.0 cm³/mol. The van der Waals surface area contributed by atoms with E-state index in [9.17, 15) is 14.4 Å². The summed E-state index contributed by atoms with van der Waals surface area (Å²) in [5.41, 5.74) is 0. The van der Waals surface area contributed by atoms with E-state index >= 15 is 0 Å². The van der Waals surface area contributed by atoms with Gasteiger partial charge in [-0.05, 0) is 24.8 Å². The topological polar surface area (TPSA) is 66.9 Å². The molecule has 0 spiro atoms. The van der Waals surface area contributed by atoms with E-state index < -0.39 is 11.9 Å². The molecule has 0 bridgehead atoms. The smallest absolute Gasteiger partial charge is 0.397 e. The first-order valence-corrected chi connectivity index (χ1v) is 8.78. The minimum atomic E-state index is -0.813. The van der Waals surface area contributed by atoms with Crippen LogP contribution in [0.25, 0.3) is 0 Å². The largest absolute Gasteiger partial charge is 0.459 e. The van der Waals surface area contributed by atoms with Crippen LogP contribution >= 0.6 is 11.3 Å². The van der Waals surface area contributed by atoms with Crippen molar-refractivity contribution in [2.24, 2.45) is 5.92 Å². The highest BCUT2D eigenvalue weighted by molar-refractivity contribution is 7.10. The van der Waals surface area contributed by atoms with Gasteiger partial charge in [0.05, 0.1) is 6.61 Å². The van der Waals surface area contributed by atoms with Gasteiger partial charge < -0.3 is 14.5 Å². The molecule has 23 heavy (non-hydrogen) atoms. The van der Waals surface area contributed by atoms with E-state index in [0.29, 0.717) is 32.1 Å². The zero-order valence-electron chi connectivity index (χ0n) is 13.1. The summed E-state index contributed by atoms with van der Waals surface area (Å²) in [5.74, 6) is -0.802. The Morgan fingerprint density at radius 2 is 1.91 bits per heavy atom. The van der Waals surface area contributed by atoms with Crippen LogP contribution in [-0.4, -0.2) is 60.4 Å². The van der Waals surface area contributed by atoms with E-state index in [1.807, 2.05) is 16.3 Å². The maximum Gasteiger partial charge on any atom is 0.397 e. The lowest BCUT2D eigenvalue weighted by molar-refractivity contribution is -0.161. The zero-order valence-corrected chi connectivity index (χ0v) is 13.9. The molecule has 0 radical (unpaired) electrons. The molecule has 1 aromatic rings. The number of amides is 2. The standard InChI is InChI=1S/C16H20N2O4S/c1-2-22-16(21)15(20)18-7-5-17(6-8-18)14(19)12-10-11(12)13-4-3-9-23-13/h3-4,9,11-12H,2,5-8,10H2,1H3. The van der Waals surface area contributed by atoms with Crippen molar-refractivity contribution in [3.8, 4) is 0 Å². The molecule has 2 atom stereocenters. The SMILES string of the molecule is CCOC(=O)C(=O)N1CCN(C(=O)C2CC2c2cccs2)CC1. The zero-order chi connectivity index (χ0) is 16.4. The predicted octanol–water partition coefficient (Wildman–Crippen LogP) is 1.09. The van der Waals surface area contributed by atoms with E-state index in [4.69, 9.17) is 4.74 Å². The molecule has 2 aliphatic rings. The van der Waals surface area contributed by atoms with Crippen LogP contribution in [0.3, 0.4) is 0 Å². The Balaban J connectivity index is 1.49. The highest BCUT2D eigenvalue weighted by Crippen LogP contribution is 2.50. The minimum Gasteiger partial charge on any atom is -0.459 e. The van der Waals surface area contributed by atoms with Crippen molar-refractivity contribution in [3.63, 3.8) is 0 Å². The second-order valence-corrected chi connectivity index (χ2v) is 6.78.